The average molecular weight is 254 g/mol. The molecule has 0 atom stereocenters. The number of benzene rings is 1. The molecular weight excluding hydrogens is 240 g/mol. The summed E-state index contributed by atoms with van der Waals surface area (Å²) >= 11 is 0. The van der Waals surface area contributed by atoms with Crippen molar-refractivity contribution < 1.29 is 29.3 Å². The Balaban J connectivity index is 2.61. The van der Waals surface area contributed by atoms with Crippen molar-refractivity contribution in [3.8, 4) is 0 Å². The van der Waals surface area contributed by atoms with Crippen LogP contribution in [0.25, 0.3) is 0 Å². The first-order valence-corrected chi connectivity index (χ1v) is 5.27. The van der Waals surface area contributed by atoms with Crippen molar-refractivity contribution in [3.63, 3.8) is 0 Å². The molecule has 0 saturated carbocycles. The van der Waals surface area contributed by atoms with Gasteiger partial charge in [-0.3, -0.25) is 0 Å². The molecule has 0 aliphatic heterocycles. The predicted octanol–water partition coefficient (Wildman–Crippen LogP) is -0.242. The molecule has 1 aromatic rings. The maximum Gasteiger partial charge on any atom is 0.332 e. The molecule has 1 aromatic carbocycles. The molecular formula is C12H14O6. The SMILES string of the molecule is O=C(CO)OCc1ccccc1COC(=O)CO. The Morgan fingerprint density at radius 1 is 0.889 bits per heavy atom. The summed E-state index contributed by atoms with van der Waals surface area (Å²) in [6, 6.07) is 6.93. The Morgan fingerprint density at radius 3 is 1.61 bits per heavy atom. The Kier molecular flexibility index (Phi) is 5.83. The van der Waals surface area contributed by atoms with Gasteiger partial charge >= 0.3 is 11.9 Å². The van der Waals surface area contributed by atoms with Crippen LogP contribution in [0, 0.1) is 0 Å². The van der Waals surface area contributed by atoms with Crippen molar-refractivity contribution in [1.29, 1.82) is 0 Å². The fourth-order valence-corrected chi connectivity index (χ4v) is 1.25. The minimum absolute atomic E-state index is 0.00770. The fourth-order valence-electron chi connectivity index (χ4n) is 1.25. The van der Waals surface area contributed by atoms with Crippen LogP contribution in [0.5, 0.6) is 0 Å². The molecule has 0 aliphatic carbocycles. The summed E-state index contributed by atoms with van der Waals surface area (Å²) in [5.74, 6) is -1.45. The van der Waals surface area contributed by atoms with Crippen LogP contribution in [-0.2, 0) is 32.3 Å². The highest BCUT2D eigenvalue weighted by Crippen LogP contribution is 2.11. The number of esters is 2. The lowest BCUT2D eigenvalue weighted by molar-refractivity contribution is -0.149. The topological polar surface area (TPSA) is 93.1 Å². The van der Waals surface area contributed by atoms with Gasteiger partial charge in [-0.2, -0.15) is 0 Å². The van der Waals surface area contributed by atoms with Gasteiger partial charge in [0.25, 0.3) is 0 Å². The zero-order chi connectivity index (χ0) is 13.4. The molecule has 1 rings (SSSR count). The van der Waals surface area contributed by atoms with Crippen LogP contribution >= 0.6 is 0 Å². The molecule has 0 bridgehead atoms. The minimum Gasteiger partial charge on any atom is -0.459 e. The summed E-state index contributed by atoms with van der Waals surface area (Å²) in [6.45, 7) is -1.37. The van der Waals surface area contributed by atoms with E-state index in [-0.39, 0.29) is 13.2 Å². The van der Waals surface area contributed by atoms with Crippen LogP contribution in [0.2, 0.25) is 0 Å². The van der Waals surface area contributed by atoms with Crippen LogP contribution in [-0.4, -0.2) is 35.4 Å². The van der Waals surface area contributed by atoms with Crippen molar-refractivity contribution in [2.45, 2.75) is 13.2 Å². The Labute approximate surface area is 104 Å². The third kappa shape index (κ3) is 4.52. The predicted molar refractivity (Wildman–Crippen MR) is 60.2 cm³/mol. The Bertz CT molecular complexity index is 376. The molecule has 0 aliphatic rings. The van der Waals surface area contributed by atoms with E-state index >= 15 is 0 Å². The van der Waals surface area contributed by atoms with Crippen molar-refractivity contribution in [2.24, 2.45) is 0 Å². The molecule has 0 aromatic heterocycles. The van der Waals surface area contributed by atoms with Gasteiger partial charge in [0.1, 0.15) is 26.4 Å². The number of aliphatic hydroxyl groups excluding tert-OH is 2. The van der Waals surface area contributed by atoms with Crippen molar-refractivity contribution in [3.05, 3.63) is 35.4 Å². The lowest BCUT2D eigenvalue weighted by Crippen LogP contribution is -2.12. The smallest absolute Gasteiger partial charge is 0.332 e. The van der Waals surface area contributed by atoms with Crippen LogP contribution in [0.1, 0.15) is 11.1 Å². The van der Waals surface area contributed by atoms with E-state index in [1.807, 2.05) is 0 Å². The molecule has 0 spiro atoms. The van der Waals surface area contributed by atoms with Crippen molar-refractivity contribution >= 4 is 11.9 Å². The maximum absolute atomic E-state index is 10.8. The summed E-state index contributed by atoms with van der Waals surface area (Å²) in [5, 5.41) is 17.0. The number of carbonyl (C=O) groups excluding carboxylic acids is 2. The standard InChI is InChI=1S/C12H14O6/c13-5-11(15)17-7-9-3-1-2-4-10(9)8-18-12(16)6-14/h1-4,13-14H,5-8H2. The minimum atomic E-state index is -0.725. The summed E-state index contributed by atoms with van der Waals surface area (Å²) < 4.78 is 9.54. The lowest BCUT2D eigenvalue weighted by Gasteiger charge is -2.10. The van der Waals surface area contributed by atoms with E-state index in [0.717, 1.165) is 0 Å². The normalized spacial score (nSPS) is 9.89. The number of carbonyl (C=O) groups is 2. The first-order chi connectivity index (χ1) is 8.67. The maximum atomic E-state index is 10.8. The van der Waals surface area contributed by atoms with E-state index in [1.165, 1.54) is 0 Å². The first-order valence-electron chi connectivity index (χ1n) is 5.27. The number of aliphatic hydroxyl groups is 2. The summed E-state index contributed by atoms with van der Waals surface area (Å²) in [6.07, 6.45) is 0. The number of hydrogen-bond acceptors (Lipinski definition) is 6. The highest BCUT2D eigenvalue weighted by Gasteiger charge is 2.07. The van der Waals surface area contributed by atoms with E-state index in [0.29, 0.717) is 11.1 Å². The summed E-state index contributed by atoms with van der Waals surface area (Å²) in [4.78, 5) is 21.6. The number of rotatable bonds is 6. The molecule has 0 heterocycles. The number of hydrogen-bond donors (Lipinski definition) is 2. The molecule has 0 radical (unpaired) electrons. The summed E-state index contributed by atoms with van der Waals surface area (Å²) in [5.41, 5.74) is 1.34. The zero-order valence-electron chi connectivity index (χ0n) is 9.67. The van der Waals surface area contributed by atoms with Crippen LogP contribution in [0.4, 0.5) is 0 Å². The van der Waals surface area contributed by atoms with Gasteiger partial charge in [0.2, 0.25) is 0 Å². The molecule has 6 nitrogen and oxygen atoms in total. The second kappa shape index (κ2) is 7.41. The van der Waals surface area contributed by atoms with Crippen LogP contribution < -0.4 is 0 Å². The average Bonchev–Trinajstić information content (AvgIpc) is 2.42. The molecule has 6 heteroatoms. The second-order valence-corrected chi connectivity index (χ2v) is 3.41. The largest absolute Gasteiger partial charge is 0.459 e. The van der Waals surface area contributed by atoms with Crippen molar-refractivity contribution in [1.82, 2.24) is 0 Å². The summed E-state index contributed by atoms with van der Waals surface area (Å²) in [7, 11) is 0. The number of ether oxygens (including phenoxy) is 2. The van der Waals surface area contributed by atoms with Crippen LogP contribution in [0.15, 0.2) is 24.3 Å². The molecule has 0 fully saturated rings. The van der Waals surface area contributed by atoms with E-state index < -0.39 is 25.2 Å². The van der Waals surface area contributed by atoms with E-state index in [1.54, 1.807) is 24.3 Å². The highest BCUT2D eigenvalue weighted by atomic mass is 16.5. The van der Waals surface area contributed by atoms with Crippen molar-refractivity contribution in [2.75, 3.05) is 13.2 Å². The molecule has 98 valence electrons. The first kappa shape index (κ1) is 14.1. The lowest BCUT2D eigenvalue weighted by atomic mass is 10.1. The fraction of sp³-hybridized carbons (Fsp3) is 0.333. The zero-order valence-corrected chi connectivity index (χ0v) is 9.67. The Morgan fingerprint density at radius 2 is 1.28 bits per heavy atom. The van der Waals surface area contributed by atoms with E-state index in [4.69, 9.17) is 19.7 Å². The van der Waals surface area contributed by atoms with Gasteiger partial charge in [-0.05, 0) is 11.1 Å². The molecule has 0 amide bonds. The molecule has 2 N–H and O–H groups in total. The van der Waals surface area contributed by atoms with Gasteiger partial charge in [0, 0.05) is 0 Å². The molecule has 0 unspecified atom stereocenters. The Hall–Kier alpha value is -1.92. The second-order valence-electron chi connectivity index (χ2n) is 3.41. The van der Waals surface area contributed by atoms with Gasteiger partial charge in [-0.1, -0.05) is 24.3 Å². The van der Waals surface area contributed by atoms with Gasteiger partial charge in [-0.15, -0.1) is 0 Å². The van der Waals surface area contributed by atoms with Gasteiger partial charge < -0.3 is 19.7 Å². The molecule has 18 heavy (non-hydrogen) atoms. The monoisotopic (exact) mass is 254 g/mol. The van der Waals surface area contributed by atoms with Gasteiger partial charge in [-0.25, -0.2) is 9.59 Å². The third-order valence-corrected chi connectivity index (χ3v) is 2.15. The quantitative estimate of drug-likeness (QED) is 0.680. The third-order valence-electron chi connectivity index (χ3n) is 2.15. The van der Waals surface area contributed by atoms with Gasteiger partial charge in [0.15, 0.2) is 0 Å². The highest BCUT2D eigenvalue weighted by molar-refractivity contribution is 5.70. The molecule has 0 saturated heterocycles. The van der Waals surface area contributed by atoms with Gasteiger partial charge in [0.05, 0.1) is 0 Å². The van der Waals surface area contributed by atoms with E-state index in [9.17, 15) is 9.59 Å². The van der Waals surface area contributed by atoms with Crippen LogP contribution in [0.3, 0.4) is 0 Å². The van der Waals surface area contributed by atoms with E-state index in [2.05, 4.69) is 0 Å².